The molecule has 0 fully saturated rings. The molecule has 0 aliphatic heterocycles. The molecule has 0 unspecified atom stereocenters. The van der Waals surface area contributed by atoms with Crippen LogP contribution in [0.4, 0.5) is 0 Å². The molecule has 0 rings (SSSR count). The van der Waals surface area contributed by atoms with Crippen LogP contribution in [0, 0.1) is 5.41 Å². The van der Waals surface area contributed by atoms with E-state index < -0.39 is 0 Å². The molecule has 3 nitrogen and oxygen atoms in total. The van der Waals surface area contributed by atoms with Gasteiger partial charge in [0.25, 0.3) is 0 Å². The summed E-state index contributed by atoms with van der Waals surface area (Å²) >= 11 is 0. The van der Waals surface area contributed by atoms with Crippen LogP contribution in [0.25, 0.3) is 0 Å². The smallest absolute Gasteiger partial charge is 0.222 e. The molecule has 0 aromatic heterocycles. The molecule has 0 aromatic rings. The highest BCUT2D eigenvalue weighted by atomic mass is 16.2. The Morgan fingerprint density at radius 1 is 1.00 bits per heavy atom. The molecule has 0 aliphatic carbocycles. The number of carbonyl (C=O) groups excluding carboxylic acids is 1. The van der Waals surface area contributed by atoms with Crippen molar-refractivity contribution >= 4 is 5.91 Å². The van der Waals surface area contributed by atoms with E-state index in [1.807, 2.05) is 4.90 Å². The van der Waals surface area contributed by atoms with Gasteiger partial charge in [0, 0.05) is 19.5 Å². The van der Waals surface area contributed by atoms with Gasteiger partial charge in [-0.15, -0.1) is 0 Å². The standard InChI is InChI=1S/C17H36N2O/c1-5-7-8-9-10-11-12-13-16(20)19(6-2)15-17(3,4)14-18/h5-15,18H2,1-4H3. The zero-order valence-corrected chi connectivity index (χ0v) is 14.2. The van der Waals surface area contributed by atoms with Crippen LogP contribution in [0.5, 0.6) is 0 Å². The van der Waals surface area contributed by atoms with Crippen LogP contribution in [0.15, 0.2) is 0 Å². The molecule has 0 heterocycles. The molecule has 3 heteroatoms. The second-order valence-electron chi connectivity index (χ2n) is 6.65. The highest BCUT2D eigenvalue weighted by molar-refractivity contribution is 5.76. The van der Waals surface area contributed by atoms with Crippen LogP contribution >= 0.6 is 0 Å². The van der Waals surface area contributed by atoms with Gasteiger partial charge < -0.3 is 10.6 Å². The van der Waals surface area contributed by atoms with Crippen molar-refractivity contribution in [3.8, 4) is 0 Å². The predicted molar refractivity (Wildman–Crippen MR) is 87.7 cm³/mol. The van der Waals surface area contributed by atoms with Crippen molar-refractivity contribution in [3.05, 3.63) is 0 Å². The van der Waals surface area contributed by atoms with Crippen LogP contribution in [0.2, 0.25) is 0 Å². The zero-order chi connectivity index (χ0) is 15.4. The first-order chi connectivity index (χ1) is 9.46. The minimum atomic E-state index is 0.0197. The Balaban J connectivity index is 3.82. The molecule has 1 amide bonds. The fraction of sp³-hybridized carbons (Fsp3) is 0.941. The lowest BCUT2D eigenvalue weighted by molar-refractivity contribution is -0.132. The van der Waals surface area contributed by atoms with Gasteiger partial charge in [0.05, 0.1) is 0 Å². The van der Waals surface area contributed by atoms with Crippen LogP contribution < -0.4 is 5.73 Å². The first-order valence-electron chi connectivity index (χ1n) is 8.44. The molecule has 0 radical (unpaired) electrons. The highest BCUT2D eigenvalue weighted by Crippen LogP contribution is 2.16. The van der Waals surface area contributed by atoms with E-state index in [1.54, 1.807) is 0 Å². The van der Waals surface area contributed by atoms with E-state index >= 15 is 0 Å². The summed E-state index contributed by atoms with van der Waals surface area (Å²) in [5.74, 6) is 0.294. The van der Waals surface area contributed by atoms with Crippen molar-refractivity contribution in [1.29, 1.82) is 0 Å². The number of hydrogen-bond acceptors (Lipinski definition) is 2. The summed E-state index contributed by atoms with van der Waals surface area (Å²) in [7, 11) is 0. The number of rotatable bonds is 12. The van der Waals surface area contributed by atoms with Crippen molar-refractivity contribution in [3.63, 3.8) is 0 Å². The molecule has 0 spiro atoms. The molecule has 120 valence electrons. The Morgan fingerprint density at radius 2 is 1.55 bits per heavy atom. The van der Waals surface area contributed by atoms with Gasteiger partial charge in [-0.25, -0.2) is 0 Å². The fourth-order valence-electron chi connectivity index (χ4n) is 2.35. The van der Waals surface area contributed by atoms with Crippen molar-refractivity contribution in [2.75, 3.05) is 19.6 Å². The van der Waals surface area contributed by atoms with Crippen LogP contribution in [0.1, 0.15) is 79.1 Å². The zero-order valence-electron chi connectivity index (χ0n) is 14.2. The van der Waals surface area contributed by atoms with Crippen molar-refractivity contribution in [2.45, 2.75) is 79.1 Å². The summed E-state index contributed by atoms with van der Waals surface area (Å²) in [6.45, 7) is 10.7. The molecule has 0 bridgehead atoms. The van der Waals surface area contributed by atoms with Crippen molar-refractivity contribution in [2.24, 2.45) is 11.1 Å². The maximum Gasteiger partial charge on any atom is 0.222 e. The molecule has 20 heavy (non-hydrogen) atoms. The van der Waals surface area contributed by atoms with Gasteiger partial charge in [0.2, 0.25) is 5.91 Å². The fourth-order valence-corrected chi connectivity index (χ4v) is 2.35. The number of amides is 1. The summed E-state index contributed by atoms with van der Waals surface area (Å²) in [6.07, 6.45) is 9.49. The largest absolute Gasteiger partial charge is 0.342 e. The molecule has 0 saturated carbocycles. The molecule has 2 N–H and O–H groups in total. The quantitative estimate of drug-likeness (QED) is 0.551. The molecule has 0 aromatic carbocycles. The van der Waals surface area contributed by atoms with Gasteiger partial charge >= 0.3 is 0 Å². The van der Waals surface area contributed by atoms with E-state index in [9.17, 15) is 4.79 Å². The topological polar surface area (TPSA) is 46.3 Å². The maximum atomic E-state index is 12.2. The molecule has 0 saturated heterocycles. The lowest BCUT2D eigenvalue weighted by Gasteiger charge is -2.31. The third-order valence-electron chi connectivity index (χ3n) is 3.90. The average molecular weight is 284 g/mol. The normalized spacial score (nSPS) is 11.7. The lowest BCUT2D eigenvalue weighted by Crippen LogP contribution is -2.41. The van der Waals surface area contributed by atoms with Crippen LogP contribution in [-0.2, 0) is 4.79 Å². The third-order valence-corrected chi connectivity index (χ3v) is 3.90. The second-order valence-corrected chi connectivity index (χ2v) is 6.65. The monoisotopic (exact) mass is 284 g/mol. The van der Waals surface area contributed by atoms with Gasteiger partial charge in [-0.3, -0.25) is 4.79 Å². The minimum Gasteiger partial charge on any atom is -0.342 e. The first kappa shape index (κ1) is 19.4. The van der Waals surface area contributed by atoms with Crippen LogP contribution in [0.3, 0.4) is 0 Å². The summed E-state index contributed by atoms with van der Waals surface area (Å²) in [5, 5.41) is 0. The van der Waals surface area contributed by atoms with E-state index in [1.165, 1.54) is 38.5 Å². The molecular weight excluding hydrogens is 248 g/mol. The van der Waals surface area contributed by atoms with Gasteiger partial charge in [-0.1, -0.05) is 59.3 Å². The molecular formula is C17H36N2O. The Morgan fingerprint density at radius 3 is 2.05 bits per heavy atom. The molecule has 0 aliphatic rings. The van der Waals surface area contributed by atoms with E-state index in [0.717, 1.165) is 19.5 Å². The van der Waals surface area contributed by atoms with E-state index in [4.69, 9.17) is 5.73 Å². The van der Waals surface area contributed by atoms with Crippen molar-refractivity contribution in [1.82, 2.24) is 4.90 Å². The third kappa shape index (κ3) is 9.35. The average Bonchev–Trinajstić information content (AvgIpc) is 2.43. The minimum absolute atomic E-state index is 0.0197. The van der Waals surface area contributed by atoms with Gasteiger partial charge in [0.1, 0.15) is 0 Å². The maximum absolute atomic E-state index is 12.2. The second kappa shape index (κ2) is 11.1. The summed E-state index contributed by atoms with van der Waals surface area (Å²) < 4.78 is 0. The van der Waals surface area contributed by atoms with Gasteiger partial charge in [-0.05, 0) is 25.3 Å². The summed E-state index contributed by atoms with van der Waals surface area (Å²) in [6, 6.07) is 0. The number of nitrogens with two attached hydrogens (primary N) is 1. The Hall–Kier alpha value is -0.570. The van der Waals surface area contributed by atoms with Crippen LogP contribution in [-0.4, -0.2) is 30.4 Å². The SMILES string of the molecule is CCCCCCCCCC(=O)N(CC)CC(C)(C)CN. The van der Waals surface area contributed by atoms with E-state index in [0.29, 0.717) is 18.9 Å². The molecule has 0 atom stereocenters. The Kier molecular flexibility index (Phi) is 10.8. The summed E-state index contributed by atoms with van der Waals surface area (Å²) in [5.41, 5.74) is 5.77. The highest BCUT2D eigenvalue weighted by Gasteiger charge is 2.22. The number of nitrogens with zero attached hydrogens (tertiary/aromatic N) is 1. The van der Waals surface area contributed by atoms with Gasteiger partial charge in [0.15, 0.2) is 0 Å². The Labute approximate surface area is 126 Å². The van der Waals surface area contributed by atoms with Crippen molar-refractivity contribution < 1.29 is 4.79 Å². The van der Waals surface area contributed by atoms with E-state index in [-0.39, 0.29) is 5.41 Å². The predicted octanol–water partition coefficient (Wildman–Crippen LogP) is 3.96. The lowest BCUT2D eigenvalue weighted by atomic mass is 9.93. The summed E-state index contributed by atoms with van der Waals surface area (Å²) in [4.78, 5) is 14.2. The Bertz CT molecular complexity index is 251. The number of unbranched alkanes of at least 4 members (excludes halogenated alkanes) is 6. The van der Waals surface area contributed by atoms with Gasteiger partial charge in [-0.2, -0.15) is 0 Å². The number of carbonyl (C=O) groups is 1. The first-order valence-corrected chi connectivity index (χ1v) is 8.44. The number of hydrogen-bond donors (Lipinski definition) is 1. The van der Waals surface area contributed by atoms with E-state index in [2.05, 4.69) is 27.7 Å².